The summed E-state index contributed by atoms with van der Waals surface area (Å²) in [6.45, 7) is 6.06. The van der Waals surface area contributed by atoms with Gasteiger partial charge in [0, 0.05) is 36.7 Å². The van der Waals surface area contributed by atoms with E-state index < -0.39 is 0 Å². The van der Waals surface area contributed by atoms with Crippen LogP contribution in [0.1, 0.15) is 16.3 Å². The molecule has 9 heteroatoms. The van der Waals surface area contributed by atoms with Crippen molar-refractivity contribution < 1.29 is 5.11 Å². The van der Waals surface area contributed by atoms with Crippen LogP contribution < -0.4 is 5.56 Å². The summed E-state index contributed by atoms with van der Waals surface area (Å²) in [4.78, 5) is 17.7. The highest BCUT2D eigenvalue weighted by atomic mass is 32.1. The summed E-state index contributed by atoms with van der Waals surface area (Å²) >= 11 is 1.49. The second-order valence-corrected chi connectivity index (χ2v) is 7.58. The number of hydrogen-bond acceptors (Lipinski definition) is 6. The Hall–Kier alpha value is -3.04. The summed E-state index contributed by atoms with van der Waals surface area (Å²) in [6.07, 6.45) is 7.51. The number of aromatic amines is 1. The topological polar surface area (TPSA) is 102 Å². The lowest BCUT2D eigenvalue weighted by molar-refractivity contribution is 0.299. The molecule has 28 heavy (non-hydrogen) atoms. The Kier molecular flexibility index (Phi) is 4.70. The number of aliphatic hydroxyl groups excluding tert-OH is 1. The fraction of sp³-hybridized carbons (Fsp3) is 0.263. The molecule has 2 N–H and O–H groups in total. The van der Waals surface area contributed by atoms with E-state index in [9.17, 15) is 4.79 Å². The third kappa shape index (κ3) is 2.88. The Balaban J connectivity index is 1.83. The smallest absolute Gasteiger partial charge is 0.291 e. The average Bonchev–Trinajstić information content (AvgIpc) is 3.34. The van der Waals surface area contributed by atoms with Crippen molar-refractivity contribution in [2.45, 2.75) is 19.9 Å². The van der Waals surface area contributed by atoms with E-state index in [2.05, 4.69) is 26.9 Å². The quantitative estimate of drug-likeness (QED) is 0.487. The van der Waals surface area contributed by atoms with Crippen molar-refractivity contribution >= 4 is 38.2 Å². The van der Waals surface area contributed by atoms with Crippen molar-refractivity contribution in [3.05, 3.63) is 57.7 Å². The van der Waals surface area contributed by atoms with Crippen LogP contribution in [0.3, 0.4) is 0 Å². The van der Waals surface area contributed by atoms with E-state index in [4.69, 9.17) is 5.11 Å². The number of nitrogens with zero attached hydrogens (tertiary/aromatic N) is 5. The van der Waals surface area contributed by atoms with E-state index in [1.165, 1.54) is 16.0 Å². The zero-order chi connectivity index (χ0) is 19.8. The number of nitrogens with one attached hydrogen (secondary N) is 1. The molecule has 0 saturated carbocycles. The van der Waals surface area contributed by atoms with Crippen LogP contribution >= 0.6 is 11.3 Å². The first-order chi connectivity index (χ1) is 13.5. The van der Waals surface area contributed by atoms with Crippen molar-refractivity contribution in [2.75, 3.05) is 6.61 Å². The van der Waals surface area contributed by atoms with E-state index in [0.717, 1.165) is 37.6 Å². The molecule has 144 valence electrons. The second kappa shape index (κ2) is 7.17. The Morgan fingerprint density at radius 2 is 2.25 bits per heavy atom. The van der Waals surface area contributed by atoms with Gasteiger partial charge in [0.1, 0.15) is 5.52 Å². The van der Waals surface area contributed by atoms with E-state index in [0.29, 0.717) is 18.5 Å². The molecule has 0 unspecified atom stereocenters. The molecule has 0 aliphatic rings. The van der Waals surface area contributed by atoms with Gasteiger partial charge in [-0.15, -0.1) is 11.3 Å². The van der Waals surface area contributed by atoms with Crippen LogP contribution in [0.25, 0.3) is 26.8 Å². The summed E-state index contributed by atoms with van der Waals surface area (Å²) in [6, 6.07) is 0. The van der Waals surface area contributed by atoms with Crippen molar-refractivity contribution in [3.8, 4) is 0 Å². The normalized spacial score (nSPS) is 12.3. The number of rotatable bonds is 6. The lowest BCUT2D eigenvalue weighted by Crippen LogP contribution is -2.24. The van der Waals surface area contributed by atoms with E-state index >= 15 is 0 Å². The van der Waals surface area contributed by atoms with Crippen LogP contribution in [0, 0.1) is 6.92 Å². The SMILES string of the molecule is C=C/C=C(/Cn1ncc2c3sc(CCO)nc3n(C)c2c1=O)c1cn[nH]c1C. The maximum atomic E-state index is 13.2. The van der Waals surface area contributed by atoms with Crippen LogP contribution in [0.15, 0.2) is 35.9 Å². The zero-order valence-electron chi connectivity index (χ0n) is 15.6. The summed E-state index contributed by atoms with van der Waals surface area (Å²) in [7, 11) is 1.83. The highest BCUT2D eigenvalue weighted by Crippen LogP contribution is 2.31. The molecule has 0 atom stereocenters. The number of allylic oxidation sites excluding steroid dienone is 3. The molecule has 0 saturated heterocycles. The van der Waals surface area contributed by atoms with Gasteiger partial charge in [-0.2, -0.15) is 10.2 Å². The van der Waals surface area contributed by atoms with Gasteiger partial charge in [-0.3, -0.25) is 9.89 Å². The number of aliphatic hydroxyl groups is 1. The fourth-order valence-corrected chi connectivity index (χ4v) is 4.45. The molecule has 4 aromatic rings. The van der Waals surface area contributed by atoms with Gasteiger partial charge >= 0.3 is 0 Å². The Morgan fingerprint density at radius 1 is 1.43 bits per heavy atom. The molecule has 0 aliphatic heterocycles. The van der Waals surface area contributed by atoms with Gasteiger partial charge in [-0.25, -0.2) is 9.67 Å². The molecular formula is C19H20N6O2S. The first-order valence-electron chi connectivity index (χ1n) is 8.81. The summed E-state index contributed by atoms with van der Waals surface area (Å²) in [5.74, 6) is 0. The number of aromatic nitrogens is 6. The largest absolute Gasteiger partial charge is 0.396 e. The third-order valence-electron chi connectivity index (χ3n) is 4.71. The fourth-order valence-electron chi connectivity index (χ4n) is 3.35. The lowest BCUT2D eigenvalue weighted by atomic mass is 10.1. The van der Waals surface area contributed by atoms with Gasteiger partial charge < -0.3 is 9.67 Å². The van der Waals surface area contributed by atoms with Crippen LogP contribution in [0.2, 0.25) is 0 Å². The maximum absolute atomic E-state index is 13.2. The van der Waals surface area contributed by atoms with Gasteiger partial charge in [0.15, 0.2) is 5.65 Å². The molecule has 4 rings (SSSR count). The van der Waals surface area contributed by atoms with Crippen molar-refractivity contribution in [1.29, 1.82) is 0 Å². The molecule has 4 heterocycles. The van der Waals surface area contributed by atoms with Gasteiger partial charge in [0.05, 0.1) is 28.6 Å². The molecule has 8 nitrogen and oxygen atoms in total. The van der Waals surface area contributed by atoms with E-state index in [1.807, 2.05) is 24.6 Å². The standard InChI is InChI=1S/C19H20N6O2S/c1-4-5-12(13-8-20-23-11(13)2)10-25-19(27)16-14(9-21-25)17-18(24(16)3)22-15(28-17)6-7-26/h4-5,8-9,26H,1,6-7,10H2,2-3H3,(H,20,23)/b12-5-. The number of hydrogen-bond donors (Lipinski definition) is 2. The minimum atomic E-state index is -0.176. The maximum Gasteiger partial charge on any atom is 0.291 e. The summed E-state index contributed by atoms with van der Waals surface area (Å²) in [5.41, 5.74) is 3.88. The van der Waals surface area contributed by atoms with Crippen molar-refractivity contribution in [3.63, 3.8) is 0 Å². The predicted molar refractivity (Wildman–Crippen MR) is 110 cm³/mol. The first kappa shape index (κ1) is 18.3. The van der Waals surface area contributed by atoms with Gasteiger partial charge in [-0.05, 0) is 12.5 Å². The Bertz CT molecular complexity index is 1270. The molecule has 0 fully saturated rings. The van der Waals surface area contributed by atoms with Gasteiger partial charge in [0.25, 0.3) is 5.56 Å². The van der Waals surface area contributed by atoms with Gasteiger partial charge in [0.2, 0.25) is 0 Å². The van der Waals surface area contributed by atoms with Crippen LogP contribution in [0.4, 0.5) is 0 Å². The van der Waals surface area contributed by atoms with Crippen LogP contribution in [-0.4, -0.2) is 41.2 Å². The predicted octanol–water partition coefficient (Wildman–Crippen LogP) is 2.18. The lowest BCUT2D eigenvalue weighted by Gasteiger charge is -2.09. The molecule has 0 spiro atoms. The van der Waals surface area contributed by atoms with E-state index in [-0.39, 0.29) is 12.2 Å². The summed E-state index contributed by atoms with van der Waals surface area (Å²) < 4.78 is 4.18. The number of thiazole rings is 1. The minimum Gasteiger partial charge on any atom is -0.396 e. The molecule has 0 radical (unpaired) electrons. The van der Waals surface area contributed by atoms with Crippen LogP contribution in [-0.2, 0) is 20.0 Å². The highest BCUT2D eigenvalue weighted by Gasteiger charge is 2.19. The Morgan fingerprint density at radius 3 is 2.93 bits per heavy atom. The third-order valence-corrected chi connectivity index (χ3v) is 5.85. The molecule has 0 aliphatic carbocycles. The van der Waals surface area contributed by atoms with Crippen molar-refractivity contribution in [2.24, 2.45) is 7.05 Å². The summed E-state index contributed by atoms with van der Waals surface area (Å²) in [5, 5.41) is 22.2. The number of fused-ring (bicyclic) bond motifs is 3. The molecule has 4 aromatic heterocycles. The van der Waals surface area contributed by atoms with Gasteiger partial charge in [-0.1, -0.05) is 18.7 Å². The van der Waals surface area contributed by atoms with Crippen molar-refractivity contribution in [1.82, 2.24) is 29.5 Å². The molecule has 0 amide bonds. The highest BCUT2D eigenvalue weighted by molar-refractivity contribution is 7.19. The molecule has 0 aromatic carbocycles. The molecule has 0 bridgehead atoms. The van der Waals surface area contributed by atoms with Crippen LogP contribution in [0.5, 0.6) is 0 Å². The number of H-pyrrole nitrogens is 1. The molecular weight excluding hydrogens is 376 g/mol. The van der Waals surface area contributed by atoms with E-state index in [1.54, 1.807) is 18.5 Å². The average molecular weight is 396 g/mol. The Labute approximate surface area is 164 Å². The monoisotopic (exact) mass is 396 g/mol. The number of aryl methyl sites for hydroxylation is 2. The zero-order valence-corrected chi connectivity index (χ0v) is 16.5. The second-order valence-electron chi connectivity index (χ2n) is 6.50. The first-order valence-corrected chi connectivity index (χ1v) is 9.63. The minimum absolute atomic E-state index is 0.0503.